The normalized spacial score (nSPS) is 10.6. The Balaban J connectivity index is 1.56. The van der Waals surface area contributed by atoms with E-state index in [9.17, 15) is 9.18 Å². The molecule has 3 rings (SSSR count). The van der Waals surface area contributed by atoms with Crippen molar-refractivity contribution in [3.8, 4) is 0 Å². The van der Waals surface area contributed by atoms with Gasteiger partial charge in [0.15, 0.2) is 5.16 Å². The van der Waals surface area contributed by atoms with Crippen LogP contribution in [0.5, 0.6) is 0 Å². The number of carbonyl (C=O) groups excluding carboxylic acids is 1. The number of nitrogens with one attached hydrogen (secondary N) is 1. The number of carbonyl (C=O) groups is 1. The van der Waals surface area contributed by atoms with Gasteiger partial charge in [-0.15, -0.1) is 0 Å². The summed E-state index contributed by atoms with van der Waals surface area (Å²) >= 11 is 7.24. The molecule has 1 aromatic heterocycles. The molecule has 3 aromatic rings. The zero-order valence-corrected chi connectivity index (χ0v) is 14.7. The summed E-state index contributed by atoms with van der Waals surface area (Å²) in [7, 11) is 0. The van der Waals surface area contributed by atoms with Crippen molar-refractivity contribution in [3.05, 3.63) is 77.3 Å². The van der Waals surface area contributed by atoms with Gasteiger partial charge in [-0.3, -0.25) is 4.79 Å². The topological polar surface area (TPSA) is 46.9 Å². The van der Waals surface area contributed by atoms with Gasteiger partial charge in [-0.05, 0) is 42.0 Å². The summed E-state index contributed by atoms with van der Waals surface area (Å²) in [5, 5.41) is 4.18. The molecule has 0 spiro atoms. The quantitative estimate of drug-likeness (QED) is 0.647. The van der Waals surface area contributed by atoms with E-state index in [0.717, 1.165) is 10.7 Å². The summed E-state index contributed by atoms with van der Waals surface area (Å²) in [6, 6.07) is 13.3. The molecule has 25 heavy (non-hydrogen) atoms. The molecule has 1 amide bonds. The van der Waals surface area contributed by atoms with E-state index in [1.165, 1.54) is 36.0 Å². The van der Waals surface area contributed by atoms with Gasteiger partial charge in [0.1, 0.15) is 5.82 Å². The van der Waals surface area contributed by atoms with Gasteiger partial charge in [0.25, 0.3) is 0 Å². The molecule has 1 heterocycles. The lowest BCUT2D eigenvalue weighted by Gasteiger charge is -2.08. The molecule has 128 valence electrons. The highest BCUT2D eigenvalue weighted by atomic mass is 35.5. The minimum atomic E-state index is -0.336. The number of hydrogen-bond acceptors (Lipinski definition) is 3. The fraction of sp³-hybridized carbons (Fsp3) is 0.111. The maximum Gasteiger partial charge on any atom is 0.234 e. The van der Waals surface area contributed by atoms with Crippen LogP contribution in [0.1, 0.15) is 5.56 Å². The molecular formula is C18H15ClFN3OS. The largest absolute Gasteiger partial charge is 0.325 e. The minimum absolute atomic E-state index is 0.169. The Labute approximate surface area is 154 Å². The number of halogens is 2. The highest BCUT2D eigenvalue weighted by Gasteiger charge is 2.09. The molecule has 0 aliphatic carbocycles. The summed E-state index contributed by atoms with van der Waals surface area (Å²) in [4.78, 5) is 16.3. The molecule has 7 heteroatoms. The van der Waals surface area contributed by atoms with E-state index in [2.05, 4.69) is 10.3 Å². The van der Waals surface area contributed by atoms with Crippen molar-refractivity contribution in [2.24, 2.45) is 0 Å². The molecule has 0 radical (unpaired) electrons. The first-order valence-corrected chi connectivity index (χ1v) is 8.90. The Morgan fingerprint density at radius 1 is 1.16 bits per heavy atom. The molecule has 0 aliphatic rings. The number of hydrogen-bond donors (Lipinski definition) is 1. The smallest absolute Gasteiger partial charge is 0.234 e. The first kappa shape index (κ1) is 17.5. The Bertz CT molecular complexity index is 850. The van der Waals surface area contributed by atoms with Gasteiger partial charge in [-0.25, -0.2) is 9.37 Å². The van der Waals surface area contributed by atoms with Crippen molar-refractivity contribution < 1.29 is 9.18 Å². The second-order valence-electron chi connectivity index (χ2n) is 5.31. The summed E-state index contributed by atoms with van der Waals surface area (Å²) in [5.74, 6) is -0.288. The van der Waals surface area contributed by atoms with E-state index in [-0.39, 0.29) is 17.5 Å². The van der Waals surface area contributed by atoms with Crippen LogP contribution < -0.4 is 5.32 Å². The Morgan fingerprint density at radius 2 is 1.88 bits per heavy atom. The minimum Gasteiger partial charge on any atom is -0.325 e. The molecular weight excluding hydrogens is 361 g/mol. The molecule has 1 N–H and O–H groups in total. The SMILES string of the molecule is O=C(CSc1nccn1Cc1ccc(Cl)cc1)Nc1ccc(F)cc1. The number of nitrogens with zero attached hydrogens (tertiary/aromatic N) is 2. The van der Waals surface area contributed by atoms with Crippen LogP contribution in [0.4, 0.5) is 10.1 Å². The molecule has 0 saturated carbocycles. The highest BCUT2D eigenvalue weighted by Crippen LogP contribution is 2.19. The number of thioether (sulfide) groups is 1. The predicted molar refractivity (Wildman–Crippen MR) is 98.5 cm³/mol. The first-order valence-electron chi connectivity index (χ1n) is 7.54. The standard InChI is InChI=1S/C18H15ClFN3OS/c19-14-3-1-13(2-4-14)11-23-10-9-21-18(23)25-12-17(24)22-16-7-5-15(20)6-8-16/h1-10H,11-12H2,(H,22,24). The second kappa shape index (κ2) is 8.18. The third kappa shape index (κ3) is 5.08. The number of amides is 1. The zero-order valence-electron chi connectivity index (χ0n) is 13.2. The maximum atomic E-state index is 12.9. The Hall–Kier alpha value is -2.31. The Morgan fingerprint density at radius 3 is 2.60 bits per heavy atom. The summed E-state index contributed by atoms with van der Waals surface area (Å²) in [6.45, 7) is 0.652. The molecule has 0 fully saturated rings. The van der Waals surface area contributed by atoms with Crippen LogP contribution in [0.15, 0.2) is 66.1 Å². The van der Waals surface area contributed by atoms with Crippen LogP contribution in [0.3, 0.4) is 0 Å². The van der Waals surface area contributed by atoms with Crippen LogP contribution in [-0.4, -0.2) is 21.2 Å². The monoisotopic (exact) mass is 375 g/mol. The second-order valence-corrected chi connectivity index (χ2v) is 6.69. The lowest BCUT2D eigenvalue weighted by atomic mass is 10.2. The molecule has 0 atom stereocenters. The molecule has 4 nitrogen and oxygen atoms in total. The van der Waals surface area contributed by atoms with E-state index >= 15 is 0 Å². The number of rotatable bonds is 6. The summed E-state index contributed by atoms with van der Waals surface area (Å²) in [6.07, 6.45) is 3.57. The Kier molecular flexibility index (Phi) is 5.73. The highest BCUT2D eigenvalue weighted by molar-refractivity contribution is 7.99. The fourth-order valence-electron chi connectivity index (χ4n) is 2.20. The summed E-state index contributed by atoms with van der Waals surface area (Å²) < 4.78 is 14.8. The van der Waals surface area contributed by atoms with Gasteiger partial charge in [0.05, 0.1) is 5.75 Å². The van der Waals surface area contributed by atoms with Crippen molar-refractivity contribution in [1.29, 1.82) is 0 Å². The van der Waals surface area contributed by atoms with E-state index in [1.807, 2.05) is 35.0 Å². The van der Waals surface area contributed by atoms with E-state index < -0.39 is 0 Å². The fourth-order valence-corrected chi connectivity index (χ4v) is 3.09. The van der Waals surface area contributed by atoms with Crippen molar-refractivity contribution >= 4 is 35.0 Å². The maximum absolute atomic E-state index is 12.9. The van der Waals surface area contributed by atoms with Crippen LogP contribution >= 0.6 is 23.4 Å². The number of benzene rings is 2. The molecule has 0 bridgehead atoms. The molecule has 0 saturated heterocycles. The van der Waals surface area contributed by atoms with Gasteiger partial charge in [0.2, 0.25) is 5.91 Å². The van der Waals surface area contributed by atoms with Gasteiger partial charge in [0, 0.05) is 29.6 Å². The van der Waals surface area contributed by atoms with Crippen molar-refractivity contribution in [3.63, 3.8) is 0 Å². The van der Waals surface area contributed by atoms with E-state index in [1.54, 1.807) is 6.20 Å². The number of anilines is 1. The first-order chi connectivity index (χ1) is 12.1. The van der Waals surface area contributed by atoms with E-state index in [0.29, 0.717) is 17.3 Å². The van der Waals surface area contributed by atoms with Crippen molar-refractivity contribution in [1.82, 2.24) is 9.55 Å². The van der Waals surface area contributed by atoms with Gasteiger partial charge in [-0.2, -0.15) is 0 Å². The summed E-state index contributed by atoms with van der Waals surface area (Å²) in [5.41, 5.74) is 1.66. The van der Waals surface area contributed by atoms with Gasteiger partial charge >= 0.3 is 0 Å². The van der Waals surface area contributed by atoms with Crippen LogP contribution in [0.25, 0.3) is 0 Å². The van der Waals surface area contributed by atoms with E-state index in [4.69, 9.17) is 11.6 Å². The van der Waals surface area contributed by atoms with Crippen LogP contribution in [-0.2, 0) is 11.3 Å². The third-order valence-corrected chi connectivity index (χ3v) is 4.66. The number of imidazole rings is 1. The third-order valence-electron chi connectivity index (χ3n) is 3.40. The molecule has 2 aromatic carbocycles. The van der Waals surface area contributed by atoms with Gasteiger partial charge in [-0.1, -0.05) is 35.5 Å². The average molecular weight is 376 g/mol. The molecule has 0 aliphatic heterocycles. The van der Waals surface area contributed by atoms with Crippen LogP contribution in [0.2, 0.25) is 5.02 Å². The van der Waals surface area contributed by atoms with Crippen molar-refractivity contribution in [2.45, 2.75) is 11.7 Å². The predicted octanol–water partition coefficient (Wildman–Crippen LogP) is 4.45. The number of aromatic nitrogens is 2. The lowest BCUT2D eigenvalue weighted by molar-refractivity contribution is -0.113. The van der Waals surface area contributed by atoms with Gasteiger partial charge < -0.3 is 9.88 Å². The lowest BCUT2D eigenvalue weighted by Crippen LogP contribution is -2.14. The van der Waals surface area contributed by atoms with Crippen LogP contribution in [0, 0.1) is 5.82 Å². The zero-order chi connectivity index (χ0) is 17.6. The van der Waals surface area contributed by atoms with Crippen molar-refractivity contribution in [2.75, 3.05) is 11.1 Å². The molecule has 0 unspecified atom stereocenters. The average Bonchev–Trinajstić information content (AvgIpc) is 3.04.